The van der Waals surface area contributed by atoms with E-state index in [0.717, 1.165) is 12.8 Å². The lowest BCUT2D eigenvalue weighted by Gasteiger charge is -2.28. The van der Waals surface area contributed by atoms with Gasteiger partial charge < -0.3 is 9.84 Å². The van der Waals surface area contributed by atoms with Crippen LogP contribution in [0.2, 0.25) is 0 Å². The molecule has 1 fully saturated rings. The molecule has 0 heterocycles. The van der Waals surface area contributed by atoms with Crippen LogP contribution < -0.4 is 5.32 Å². The number of esters is 1. The molecular formula is C10H17NO4. The molecule has 0 bridgehead atoms. The van der Waals surface area contributed by atoms with Crippen LogP contribution in [0.15, 0.2) is 0 Å². The van der Waals surface area contributed by atoms with Gasteiger partial charge in [0.25, 0.3) is 0 Å². The highest BCUT2D eigenvalue weighted by molar-refractivity contribution is 5.81. The summed E-state index contributed by atoms with van der Waals surface area (Å²) < 4.78 is 4.54. The van der Waals surface area contributed by atoms with Gasteiger partial charge in [0, 0.05) is 0 Å². The van der Waals surface area contributed by atoms with Gasteiger partial charge in [0.2, 0.25) is 0 Å². The zero-order valence-electron chi connectivity index (χ0n) is 9.24. The van der Waals surface area contributed by atoms with E-state index in [9.17, 15) is 9.59 Å². The Morgan fingerprint density at radius 3 is 2.40 bits per heavy atom. The van der Waals surface area contributed by atoms with Crippen molar-refractivity contribution in [3.8, 4) is 0 Å². The number of hydrogen-bond acceptors (Lipinski definition) is 4. The van der Waals surface area contributed by atoms with Crippen molar-refractivity contribution in [2.75, 3.05) is 7.11 Å². The number of carbonyl (C=O) groups is 2. The molecule has 1 aliphatic rings. The molecule has 0 radical (unpaired) electrons. The molecule has 0 aliphatic heterocycles. The molecule has 1 rings (SSSR count). The third-order valence-corrected chi connectivity index (χ3v) is 2.91. The summed E-state index contributed by atoms with van der Waals surface area (Å²) >= 11 is 0. The van der Waals surface area contributed by atoms with Crippen molar-refractivity contribution < 1.29 is 19.4 Å². The van der Waals surface area contributed by atoms with Crippen LogP contribution in [-0.4, -0.2) is 35.7 Å². The lowest BCUT2D eigenvalue weighted by atomic mass is 9.95. The lowest BCUT2D eigenvalue weighted by Crippen LogP contribution is -2.56. The van der Waals surface area contributed by atoms with Crippen LogP contribution in [0.1, 0.15) is 26.7 Å². The molecule has 0 saturated heterocycles. The largest absolute Gasteiger partial charge is 0.480 e. The first-order chi connectivity index (χ1) is 6.91. The SMILES string of the molecule is COC(=O)C(C)NC(C)(C(=O)O)C1CC1. The van der Waals surface area contributed by atoms with Gasteiger partial charge in [-0.15, -0.1) is 0 Å². The predicted octanol–water partition coefficient (Wildman–Crippen LogP) is 0.391. The summed E-state index contributed by atoms with van der Waals surface area (Å²) in [5.41, 5.74) is -1.02. The maximum absolute atomic E-state index is 11.2. The smallest absolute Gasteiger partial charge is 0.323 e. The molecule has 1 aliphatic carbocycles. The summed E-state index contributed by atoms with van der Waals surface area (Å²) in [6, 6.07) is -0.600. The number of nitrogens with one attached hydrogen (secondary N) is 1. The Bertz CT molecular complexity index is 275. The van der Waals surface area contributed by atoms with Gasteiger partial charge in [0.1, 0.15) is 11.6 Å². The van der Waals surface area contributed by atoms with Gasteiger partial charge in [-0.3, -0.25) is 14.9 Å². The van der Waals surface area contributed by atoms with Crippen LogP contribution in [0.4, 0.5) is 0 Å². The molecule has 0 aromatic carbocycles. The van der Waals surface area contributed by atoms with Gasteiger partial charge in [-0.25, -0.2) is 0 Å². The number of ether oxygens (including phenoxy) is 1. The molecule has 2 atom stereocenters. The van der Waals surface area contributed by atoms with Gasteiger partial charge in [0.15, 0.2) is 0 Å². The molecule has 5 heteroatoms. The van der Waals surface area contributed by atoms with Gasteiger partial charge in [-0.1, -0.05) is 0 Å². The number of methoxy groups -OCH3 is 1. The normalized spacial score (nSPS) is 21.5. The molecule has 0 aromatic heterocycles. The second-order valence-corrected chi connectivity index (χ2v) is 4.17. The van der Waals surface area contributed by atoms with Crippen LogP contribution >= 0.6 is 0 Å². The Balaban J connectivity index is 2.66. The van der Waals surface area contributed by atoms with Crippen LogP contribution in [0, 0.1) is 5.92 Å². The molecular weight excluding hydrogens is 198 g/mol. The van der Waals surface area contributed by atoms with Crippen molar-refractivity contribution in [1.82, 2.24) is 5.32 Å². The van der Waals surface area contributed by atoms with E-state index in [2.05, 4.69) is 10.1 Å². The molecule has 1 saturated carbocycles. The van der Waals surface area contributed by atoms with Crippen LogP contribution in [0.5, 0.6) is 0 Å². The van der Waals surface area contributed by atoms with Gasteiger partial charge >= 0.3 is 11.9 Å². The number of aliphatic carboxylic acids is 1. The molecule has 2 N–H and O–H groups in total. The Kier molecular flexibility index (Phi) is 3.34. The summed E-state index contributed by atoms with van der Waals surface area (Å²) in [5.74, 6) is -1.24. The predicted molar refractivity (Wildman–Crippen MR) is 53.4 cm³/mol. The fraction of sp³-hybridized carbons (Fsp3) is 0.800. The Morgan fingerprint density at radius 1 is 1.53 bits per heavy atom. The summed E-state index contributed by atoms with van der Waals surface area (Å²) in [4.78, 5) is 22.3. The molecule has 0 amide bonds. The fourth-order valence-electron chi connectivity index (χ4n) is 1.70. The Hall–Kier alpha value is -1.10. The summed E-state index contributed by atoms with van der Waals surface area (Å²) in [6.07, 6.45) is 1.79. The molecule has 5 nitrogen and oxygen atoms in total. The summed E-state index contributed by atoms with van der Waals surface area (Å²) in [7, 11) is 1.29. The monoisotopic (exact) mass is 215 g/mol. The van der Waals surface area contributed by atoms with Crippen molar-refractivity contribution in [1.29, 1.82) is 0 Å². The number of carboxylic acid groups (broad SMARTS) is 1. The quantitative estimate of drug-likeness (QED) is 0.649. The van der Waals surface area contributed by atoms with Gasteiger partial charge in [0.05, 0.1) is 7.11 Å². The minimum absolute atomic E-state index is 0.113. The van der Waals surface area contributed by atoms with E-state index < -0.39 is 23.5 Å². The maximum atomic E-state index is 11.2. The number of hydrogen-bond donors (Lipinski definition) is 2. The Morgan fingerprint density at radius 2 is 2.07 bits per heavy atom. The van der Waals surface area contributed by atoms with E-state index in [1.165, 1.54) is 7.11 Å². The van der Waals surface area contributed by atoms with E-state index >= 15 is 0 Å². The van der Waals surface area contributed by atoms with Crippen LogP contribution in [-0.2, 0) is 14.3 Å². The number of carboxylic acids is 1. The summed E-state index contributed by atoms with van der Waals surface area (Å²) in [6.45, 7) is 3.22. The molecule has 0 aromatic rings. The highest BCUT2D eigenvalue weighted by atomic mass is 16.5. The summed E-state index contributed by atoms with van der Waals surface area (Å²) in [5, 5.41) is 12.0. The van der Waals surface area contributed by atoms with E-state index in [1.54, 1.807) is 13.8 Å². The third kappa shape index (κ3) is 2.47. The van der Waals surface area contributed by atoms with E-state index in [-0.39, 0.29) is 5.92 Å². The molecule has 15 heavy (non-hydrogen) atoms. The molecule has 2 unspecified atom stereocenters. The number of rotatable bonds is 5. The topological polar surface area (TPSA) is 75.6 Å². The highest BCUT2D eigenvalue weighted by Gasteiger charge is 2.48. The number of carbonyl (C=O) groups excluding carboxylic acids is 1. The van der Waals surface area contributed by atoms with E-state index in [1.807, 2.05) is 0 Å². The molecule has 0 spiro atoms. The average molecular weight is 215 g/mol. The zero-order chi connectivity index (χ0) is 11.6. The van der Waals surface area contributed by atoms with Crippen LogP contribution in [0.25, 0.3) is 0 Å². The third-order valence-electron chi connectivity index (χ3n) is 2.91. The highest BCUT2D eigenvalue weighted by Crippen LogP contribution is 2.39. The minimum Gasteiger partial charge on any atom is -0.480 e. The lowest BCUT2D eigenvalue weighted by molar-refractivity contribution is -0.148. The van der Waals surface area contributed by atoms with Crippen LogP contribution in [0.3, 0.4) is 0 Å². The first kappa shape index (κ1) is 12.0. The van der Waals surface area contributed by atoms with Crippen molar-refractivity contribution >= 4 is 11.9 Å². The maximum Gasteiger partial charge on any atom is 0.323 e. The van der Waals surface area contributed by atoms with Crippen molar-refractivity contribution in [3.63, 3.8) is 0 Å². The second-order valence-electron chi connectivity index (χ2n) is 4.17. The first-order valence-corrected chi connectivity index (χ1v) is 5.00. The van der Waals surface area contributed by atoms with Crippen molar-refractivity contribution in [2.24, 2.45) is 5.92 Å². The van der Waals surface area contributed by atoms with Gasteiger partial charge in [-0.2, -0.15) is 0 Å². The van der Waals surface area contributed by atoms with Crippen molar-refractivity contribution in [3.05, 3.63) is 0 Å². The Labute approximate surface area is 88.8 Å². The van der Waals surface area contributed by atoms with Crippen molar-refractivity contribution in [2.45, 2.75) is 38.3 Å². The molecule has 86 valence electrons. The minimum atomic E-state index is -1.02. The van der Waals surface area contributed by atoms with E-state index in [0.29, 0.717) is 0 Å². The average Bonchev–Trinajstić information content (AvgIpc) is 2.99. The fourth-order valence-corrected chi connectivity index (χ4v) is 1.70. The van der Waals surface area contributed by atoms with E-state index in [4.69, 9.17) is 5.11 Å². The second kappa shape index (κ2) is 4.18. The zero-order valence-corrected chi connectivity index (χ0v) is 9.24. The first-order valence-electron chi connectivity index (χ1n) is 5.00. The van der Waals surface area contributed by atoms with Gasteiger partial charge in [-0.05, 0) is 32.6 Å². The standard InChI is InChI=1S/C10H17NO4/c1-6(8(12)15-3)11-10(2,9(13)14)7-4-5-7/h6-7,11H,4-5H2,1-3H3,(H,13,14).